The lowest BCUT2D eigenvalue weighted by atomic mass is 10.2. The largest absolute Gasteiger partial charge is 0.467 e. The molecule has 4 rings (SSSR count). The zero-order chi connectivity index (χ0) is 14.2. The van der Waals surface area contributed by atoms with Gasteiger partial charge in [0.15, 0.2) is 11.4 Å². The van der Waals surface area contributed by atoms with Crippen LogP contribution in [-0.4, -0.2) is 19.7 Å². The van der Waals surface area contributed by atoms with E-state index in [1.165, 1.54) is 0 Å². The van der Waals surface area contributed by atoms with Gasteiger partial charge in [-0.3, -0.25) is 0 Å². The van der Waals surface area contributed by atoms with Gasteiger partial charge < -0.3 is 14.6 Å². The van der Waals surface area contributed by atoms with E-state index in [1.807, 2.05) is 18.2 Å². The van der Waals surface area contributed by atoms with Crippen molar-refractivity contribution in [1.29, 1.82) is 0 Å². The van der Waals surface area contributed by atoms with Crippen molar-refractivity contribution in [2.75, 3.05) is 5.73 Å². The molecule has 0 aliphatic carbocycles. The van der Waals surface area contributed by atoms with E-state index in [4.69, 9.17) is 14.6 Å². The number of fused-ring (bicyclic) bond motifs is 1. The van der Waals surface area contributed by atoms with Crippen LogP contribution >= 0.6 is 0 Å². The van der Waals surface area contributed by atoms with Crippen LogP contribution in [0.4, 0.5) is 5.95 Å². The Morgan fingerprint density at radius 2 is 1.95 bits per heavy atom. The van der Waals surface area contributed by atoms with E-state index in [0.29, 0.717) is 23.6 Å². The Morgan fingerprint density at radius 1 is 1.10 bits per heavy atom. The number of aromatic nitrogens is 4. The highest BCUT2D eigenvalue weighted by Crippen LogP contribution is 2.27. The van der Waals surface area contributed by atoms with Crippen LogP contribution in [0.1, 0.15) is 5.76 Å². The summed E-state index contributed by atoms with van der Waals surface area (Å²) in [6.45, 7) is 0.477. The maximum absolute atomic E-state index is 5.80. The van der Waals surface area contributed by atoms with Gasteiger partial charge in [-0.15, -0.1) is 0 Å². The molecule has 0 fully saturated rings. The summed E-state index contributed by atoms with van der Waals surface area (Å²) < 4.78 is 12.5. The average Bonchev–Trinajstić information content (AvgIpc) is 3.20. The van der Waals surface area contributed by atoms with E-state index < -0.39 is 0 Å². The molecule has 7 heteroatoms. The number of nitrogens with two attached hydrogens (primary N) is 1. The second-order valence-corrected chi connectivity index (χ2v) is 4.53. The van der Waals surface area contributed by atoms with Gasteiger partial charge in [0.2, 0.25) is 5.95 Å². The number of nitrogens with zero attached hydrogens (tertiary/aromatic N) is 4. The van der Waals surface area contributed by atoms with Crippen LogP contribution < -0.4 is 5.73 Å². The summed E-state index contributed by atoms with van der Waals surface area (Å²) in [5, 5.41) is 5.12. The van der Waals surface area contributed by atoms with Gasteiger partial charge in [0.1, 0.15) is 18.0 Å². The van der Waals surface area contributed by atoms with Crippen LogP contribution in [0.2, 0.25) is 0 Å². The molecule has 0 saturated heterocycles. The summed E-state index contributed by atoms with van der Waals surface area (Å²) in [4.78, 5) is 8.52. The minimum absolute atomic E-state index is 0.176. The number of hydrogen-bond acceptors (Lipinski definition) is 6. The molecule has 104 valence electrons. The maximum Gasteiger partial charge on any atom is 0.222 e. The molecule has 0 unspecified atom stereocenters. The normalized spacial score (nSPS) is 11.2. The van der Waals surface area contributed by atoms with E-state index >= 15 is 0 Å². The lowest BCUT2D eigenvalue weighted by Gasteiger charge is -2.03. The van der Waals surface area contributed by atoms with E-state index in [9.17, 15) is 0 Å². The summed E-state index contributed by atoms with van der Waals surface area (Å²) in [6, 6.07) is 7.34. The molecule has 7 nitrogen and oxygen atoms in total. The molecule has 0 radical (unpaired) electrons. The van der Waals surface area contributed by atoms with Crippen molar-refractivity contribution in [3.05, 3.63) is 48.7 Å². The third-order valence-electron chi connectivity index (χ3n) is 3.15. The monoisotopic (exact) mass is 281 g/mol. The Hall–Kier alpha value is -3.09. The van der Waals surface area contributed by atoms with Gasteiger partial charge in [-0.1, -0.05) is 0 Å². The van der Waals surface area contributed by atoms with Crippen molar-refractivity contribution >= 4 is 17.0 Å². The predicted molar refractivity (Wildman–Crippen MR) is 75.2 cm³/mol. The van der Waals surface area contributed by atoms with Crippen LogP contribution in [0, 0.1) is 0 Å². The fraction of sp³-hybridized carbons (Fsp3) is 0.0714. The molecule has 4 aromatic heterocycles. The first kappa shape index (κ1) is 11.7. The Kier molecular flexibility index (Phi) is 2.50. The quantitative estimate of drug-likeness (QED) is 0.619. The highest BCUT2D eigenvalue weighted by Gasteiger charge is 2.15. The highest BCUT2D eigenvalue weighted by atomic mass is 16.3. The lowest BCUT2D eigenvalue weighted by Crippen LogP contribution is -2.04. The molecule has 0 atom stereocenters. The van der Waals surface area contributed by atoms with Crippen LogP contribution in [0.3, 0.4) is 0 Å². The van der Waals surface area contributed by atoms with E-state index in [2.05, 4.69) is 15.1 Å². The molecular weight excluding hydrogens is 270 g/mol. The topological polar surface area (TPSA) is 95.9 Å². The number of nitrogen functional groups attached to an aromatic ring is 1. The van der Waals surface area contributed by atoms with Gasteiger partial charge in [-0.05, 0) is 24.3 Å². The fourth-order valence-corrected chi connectivity index (χ4v) is 2.24. The van der Waals surface area contributed by atoms with Crippen molar-refractivity contribution in [3.63, 3.8) is 0 Å². The molecule has 0 spiro atoms. The van der Waals surface area contributed by atoms with Crippen molar-refractivity contribution in [2.24, 2.45) is 0 Å². The first-order chi connectivity index (χ1) is 10.3. The second kappa shape index (κ2) is 4.48. The van der Waals surface area contributed by atoms with Gasteiger partial charge in [-0.2, -0.15) is 10.1 Å². The summed E-state index contributed by atoms with van der Waals surface area (Å²) in [7, 11) is 0. The summed E-state index contributed by atoms with van der Waals surface area (Å²) in [5.41, 5.74) is 7.08. The van der Waals surface area contributed by atoms with Crippen LogP contribution in [0.5, 0.6) is 0 Å². The Labute approximate surface area is 119 Å². The molecule has 4 aromatic rings. The first-order valence-electron chi connectivity index (χ1n) is 6.36. The molecule has 0 aliphatic rings. The highest BCUT2D eigenvalue weighted by molar-refractivity contribution is 5.89. The molecule has 0 aromatic carbocycles. The van der Waals surface area contributed by atoms with Crippen molar-refractivity contribution in [2.45, 2.75) is 6.54 Å². The maximum atomic E-state index is 5.80. The van der Waals surface area contributed by atoms with E-state index in [1.54, 1.807) is 29.5 Å². The minimum Gasteiger partial charge on any atom is -0.467 e. The lowest BCUT2D eigenvalue weighted by molar-refractivity contribution is 0.483. The zero-order valence-corrected chi connectivity index (χ0v) is 10.9. The molecule has 0 aliphatic heterocycles. The summed E-state index contributed by atoms with van der Waals surface area (Å²) in [5.74, 6) is 1.60. The van der Waals surface area contributed by atoms with E-state index in [-0.39, 0.29) is 5.95 Å². The minimum atomic E-state index is 0.176. The Morgan fingerprint density at radius 3 is 2.71 bits per heavy atom. The Bertz CT molecular complexity index is 878. The van der Waals surface area contributed by atoms with Gasteiger partial charge >= 0.3 is 0 Å². The third kappa shape index (κ3) is 1.95. The number of hydrogen-bond donors (Lipinski definition) is 1. The van der Waals surface area contributed by atoms with Crippen LogP contribution in [-0.2, 0) is 6.54 Å². The van der Waals surface area contributed by atoms with Gasteiger partial charge in [0.05, 0.1) is 24.1 Å². The standard InChI is InChI=1S/C14H11N5O2/c15-14-17-12(11-4-2-6-21-11)10-7-16-19(13(10)18-14)8-9-3-1-5-20-9/h1-7H,8H2,(H2,15,17,18). The molecule has 0 amide bonds. The average molecular weight is 281 g/mol. The van der Waals surface area contributed by atoms with Crippen LogP contribution in [0.15, 0.2) is 51.8 Å². The molecule has 21 heavy (non-hydrogen) atoms. The van der Waals surface area contributed by atoms with E-state index in [0.717, 1.165) is 11.1 Å². The number of furan rings is 2. The summed E-state index contributed by atoms with van der Waals surface area (Å²) in [6.07, 6.45) is 4.92. The van der Waals surface area contributed by atoms with Crippen molar-refractivity contribution in [3.8, 4) is 11.5 Å². The number of rotatable bonds is 3. The van der Waals surface area contributed by atoms with Crippen molar-refractivity contribution in [1.82, 2.24) is 19.7 Å². The molecule has 0 saturated carbocycles. The molecule has 2 N–H and O–H groups in total. The zero-order valence-electron chi connectivity index (χ0n) is 10.9. The smallest absolute Gasteiger partial charge is 0.222 e. The van der Waals surface area contributed by atoms with Gasteiger partial charge in [0, 0.05) is 0 Å². The number of anilines is 1. The fourth-order valence-electron chi connectivity index (χ4n) is 2.24. The second-order valence-electron chi connectivity index (χ2n) is 4.53. The van der Waals surface area contributed by atoms with Crippen molar-refractivity contribution < 1.29 is 8.83 Å². The molecule has 4 heterocycles. The SMILES string of the molecule is Nc1nc(-c2ccco2)c2cnn(Cc3ccco3)c2n1. The molecular formula is C14H11N5O2. The third-order valence-corrected chi connectivity index (χ3v) is 3.15. The van der Waals surface area contributed by atoms with Crippen LogP contribution in [0.25, 0.3) is 22.5 Å². The van der Waals surface area contributed by atoms with Gasteiger partial charge in [-0.25, -0.2) is 9.67 Å². The first-order valence-corrected chi connectivity index (χ1v) is 6.36. The predicted octanol–water partition coefficient (Wildman–Crippen LogP) is 2.31. The summed E-state index contributed by atoms with van der Waals surface area (Å²) >= 11 is 0. The Balaban J connectivity index is 1.88. The molecule has 0 bridgehead atoms. The van der Waals surface area contributed by atoms with Gasteiger partial charge in [0.25, 0.3) is 0 Å².